The van der Waals surface area contributed by atoms with Gasteiger partial charge < -0.3 is 9.80 Å². The third kappa shape index (κ3) is 3.65. The molecule has 5 nitrogen and oxygen atoms in total. The fourth-order valence-electron chi connectivity index (χ4n) is 3.54. The van der Waals surface area contributed by atoms with E-state index in [-0.39, 0.29) is 17.7 Å². The zero-order valence-corrected chi connectivity index (χ0v) is 15.7. The van der Waals surface area contributed by atoms with E-state index in [1.165, 1.54) is 0 Å². The number of thiazole rings is 1. The molecule has 1 aliphatic carbocycles. The highest BCUT2D eigenvalue weighted by Gasteiger charge is 2.39. The van der Waals surface area contributed by atoms with Crippen molar-refractivity contribution in [1.82, 2.24) is 14.8 Å². The van der Waals surface area contributed by atoms with Crippen LogP contribution in [0.15, 0.2) is 35.7 Å². The Kier molecular flexibility index (Phi) is 4.76. The molecule has 2 amide bonds. The Balaban J connectivity index is 1.38. The van der Waals surface area contributed by atoms with Gasteiger partial charge in [-0.3, -0.25) is 9.59 Å². The van der Waals surface area contributed by atoms with E-state index in [4.69, 9.17) is 0 Å². The van der Waals surface area contributed by atoms with Crippen LogP contribution in [0.1, 0.15) is 31.4 Å². The number of hydrogen-bond acceptors (Lipinski definition) is 4. The largest absolute Gasteiger partial charge is 0.340 e. The van der Waals surface area contributed by atoms with Crippen molar-refractivity contribution in [2.24, 2.45) is 5.92 Å². The molecule has 1 unspecified atom stereocenters. The number of aromatic nitrogens is 1. The van der Waals surface area contributed by atoms with Gasteiger partial charge in [0.25, 0.3) is 0 Å². The lowest BCUT2D eigenvalue weighted by Crippen LogP contribution is -2.46. The SMILES string of the molecule is CN(Cc1csc(-c2ccccc2)n1)C(=O)C1CCC(=O)N(C2CC2)C1. The summed E-state index contributed by atoms with van der Waals surface area (Å²) in [6.45, 7) is 1.09. The average Bonchev–Trinajstić information content (AvgIpc) is 3.41. The summed E-state index contributed by atoms with van der Waals surface area (Å²) in [7, 11) is 1.84. The van der Waals surface area contributed by atoms with Crippen LogP contribution >= 0.6 is 11.3 Å². The highest BCUT2D eigenvalue weighted by molar-refractivity contribution is 7.13. The normalized spacial score (nSPS) is 20.3. The quantitative estimate of drug-likeness (QED) is 0.813. The molecule has 0 spiro atoms. The van der Waals surface area contributed by atoms with Crippen LogP contribution < -0.4 is 0 Å². The predicted octanol–water partition coefficient (Wildman–Crippen LogP) is 3.17. The summed E-state index contributed by atoms with van der Waals surface area (Å²) in [5.74, 6) is 0.258. The molecule has 1 aromatic carbocycles. The fraction of sp³-hybridized carbons (Fsp3) is 0.450. The maximum atomic E-state index is 12.8. The zero-order chi connectivity index (χ0) is 18.1. The number of carbonyl (C=O) groups is 2. The van der Waals surface area contributed by atoms with Crippen molar-refractivity contribution in [2.45, 2.75) is 38.3 Å². The summed E-state index contributed by atoms with van der Waals surface area (Å²) >= 11 is 1.60. The summed E-state index contributed by atoms with van der Waals surface area (Å²) < 4.78 is 0. The minimum absolute atomic E-state index is 0.0782. The third-order valence-electron chi connectivity index (χ3n) is 5.13. The van der Waals surface area contributed by atoms with Crippen molar-refractivity contribution in [3.05, 3.63) is 41.4 Å². The van der Waals surface area contributed by atoms with Crippen molar-refractivity contribution >= 4 is 23.2 Å². The smallest absolute Gasteiger partial charge is 0.227 e. The second-order valence-corrected chi connectivity index (χ2v) is 8.08. The lowest BCUT2D eigenvalue weighted by molar-refractivity contribution is -0.143. The van der Waals surface area contributed by atoms with Gasteiger partial charge in [-0.15, -0.1) is 11.3 Å². The molecule has 1 saturated heterocycles. The Labute approximate surface area is 157 Å². The van der Waals surface area contributed by atoms with Gasteiger partial charge in [-0.1, -0.05) is 30.3 Å². The van der Waals surface area contributed by atoms with Crippen molar-refractivity contribution in [3.8, 4) is 10.6 Å². The molecule has 1 aliphatic heterocycles. The Bertz CT molecular complexity index is 800. The van der Waals surface area contributed by atoms with Crippen LogP contribution in [0.4, 0.5) is 0 Å². The number of likely N-dealkylation sites (tertiary alicyclic amines) is 1. The van der Waals surface area contributed by atoms with Crippen LogP contribution in [0, 0.1) is 5.92 Å². The molecular formula is C20H23N3O2S. The van der Waals surface area contributed by atoms with Crippen LogP contribution in [0.3, 0.4) is 0 Å². The highest BCUT2D eigenvalue weighted by atomic mass is 32.1. The molecule has 4 rings (SSSR count). The number of amides is 2. The molecule has 0 N–H and O–H groups in total. The summed E-state index contributed by atoms with van der Waals surface area (Å²) in [5, 5.41) is 3.00. The lowest BCUT2D eigenvalue weighted by atomic mass is 9.96. The van der Waals surface area contributed by atoms with E-state index < -0.39 is 0 Å². The van der Waals surface area contributed by atoms with E-state index in [9.17, 15) is 9.59 Å². The zero-order valence-electron chi connectivity index (χ0n) is 14.9. The van der Waals surface area contributed by atoms with E-state index in [1.54, 1.807) is 16.2 Å². The third-order valence-corrected chi connectivity index (χ3v) is 6.07. The van der Waals surface area contributed by atoms with Gasteiger partial charge in [-0.25, -0.2) is 4.98 Å². The Morgan fingerprint density at radius 2 is 2.04 bits per heavy atom. The van der Waals surface area contributed by atoms with Crippen LogP contribution in [0.2, 0.25) is 0 Å². The van der Waals surface area contributed by atoms with Crippen molar-refractivity contribution in [3.63, 3.8) is 0 Å². The van der Waals surface area contributed by atoms with E-state index in [1.807, 2.05) is 47.7 Å². The minimum atomic E-state index is -0.0782. The Hall–Kier alpha value is -2.21. The maximum Gasteiger partial charge on any atom is 0.227 e. The first-order valence-corrected chi connectivity index (χ1v) is 10.0. The summed E-state index contributed by atoms with van der Waals surface area (Å²) in [6.07, 6.45) is 3.33. The molecule has 136 valence electrons. The molecule has 0 radical (unpaired) electrons. The molecule has 2 fully saturated rings. The molecule has 2 heterocycles. The second kappa shape index (κ2) is 7.19. The second-order valence-electron chi connectivity index (χ2n) is 7.22. The number of nitrogens with zero attached hydrogens (tertiary/aromatic N) is 3. The Morgan fingerprint density at radius 3 is 2.77 bits per heavy atom. The topological polar surface area (TPSA) is 53.5 Å². The van der Waals surface area contributed by atoms with Gasteiger partial charge in [-0.2, -0.15) is 0 Å². The number of rotatable bonds is 5. The summed E-state index contributed by atoms with van der Waals surface area (Å²) in [4.78, 5) is 33.2. The van der Waals surface area contributed by atoms with Crippen molar-refractivity contribution in [2.75, 3.05) is 13.6 Å². The molecule has 1 saturated carbocycles. The van der Waals surface area contributed by atoms with Gasteiger partial charge in [0.15, 0.2) is 0 Å². The molecule has 26 heavy (non-hydrogen) atoms. The van der Waals surface area contributed by atoms with E-state index in [2.05, 4.69) is 4.98 Å². The van der Waals surface area contributed by atoms with Gasteiger partial charge in [0.2, 0.25) is 11.8 Å². The van der Waals surface area contributed by atoms with E-state index >= 15 is 0 Å². The average molecular weight is 369 g/mol. The first kappa shape index (κ1) is 17.2. The lowest BCUT2D eigenvalue weighted by Gasteiger charge is -2.33. The maximum absolute atomic E-state index is 12.8. The molecule has 2 aliphatic rings. The first-order chi connectivity index (χ1) is 12.6. The van der Waals surface area contributed by atoms with Gasteiger partial charge in [0.05, 0.1) is 18.2 Å². The standard InChI is InChI=1S/C20H23N3O2S/c1-22(12-16-13-26-19(21-16)14-5-3-2-4-6-14)20(25)15-7-10-18(24)23(11-15)17-8-9-17/h2-6,13,15,17H,7-12H2,1H3. The predicted molar refractivity (Wildman–Crippen MR) is 101 cm³/mol. The molecule has 2 aromatic rings. The van der Waals surface area contributed by atoms with Gasteiger partial charge in [-0.05, 0) is 19.3 Å². The van der Waals surface area contributed by atoms with E-state index in [0.29, 0.717) is 32.0 Å². The molecule has 1 atom stereocenters. The summed E-state index contributed by atoms with van der Waals surface area (Å²) in [5.41, 5.74) is 2.01. The van der Waals surface area contributed by atoms with E-state index in [0.717, 1.165) is 29.1 Å². The van der Waals surface area contributed by atoms with Crippen molar-refractivity contribution in [1.29, 1.82) is 0 Å². The molecule has 1 aromatic heterocycles. The minimum Gasteiger partial charge on any atom is -0.340 e. The van der Waals surface area contributed by atoms with Gasteiger partial charge in [0, 0.05) is 37.0 Å². The first-order valence-electron chi connectivity index (χ1n) is 9.16. The number of carbonyl (C=O) groups excluding carboxylic acids is 2. The van der Waals surface area contributed by atoms with Crippen LogP contribution in [-0.2, 0) is 16.1 Å². The summed E-state index contributed by atoms with van der Waals surface area (Å²) in [6, 6.07) is 10.5. The van der Waals surface area contributed by atoms with Crippen molar-refractivity contribution < 1.29 is 9.59 Å². The number of benzene rings is 1. The van der Waals surface area contributed by atoms with Crippen LogP contribution in [-0.4, -0.2) is 46.2 Å². The van der Waals surface area contributed by atoms with Gasteiger partial charge in [0.1, 0.15) is 5.01 Å². The van der Waals surface area contributed by atoms with Crippen LogP contribution in [0.25, 0.3) is 10.6 Å². The fourth-order valence-corrected chi connectivity index (χ4v) is 4.35. The van der Waals surface area contributed by atoms with Gasteiger partial charge >= 0.3 is 0 Å². The Morgan fingerprint density at radius 1 is 1.27 bits per heavy atom. The number of piperidine rings is 1. The van der Waals surface area contributed by atoms with Crippen LogP contribution in [0.5, 0.6) is 0 Å². The number of hydrogen-bond donors (Lipinski definition) is 0. The molecular weight excluding hydrogens is 346 g/mol. The highest BCUT2D eigenvalue weighted by Crippen LogP contribution is 2.32. The molecule has 6 heteroatoms. The molecule has 0 bridgehead atoms. The monoisotopic (exact) mass is 369 g/mol.